The summed E-state index contributed by atoms with van der Waals surface area (Å²) in [6, 6.07) is 4.46. The molecule has 0 fully saturated rings. The number of nitrogens with one attached hydrogen (secondary N) is 1. The van der Waals surface area contributed by atoms with Gasteiger partial charge in [0, 0.05) is 5.69 Å². The van der Waals surface area contributed by atoms with Gasteiger partial charge in [-0.15, -0.1) is 0 Å². The molecule has 2 heterocycles. The number of benzene rings is 1. The number of aromatic nitrogens is 4. The summed E-state index contributed by atoms with van der Waals surface area (Å²) in [4.78, 5) is 16.6. The van der Waals surface area contributed by atoms with Crippen LogP contribution in [0.2, 0.25) is 5.02 Å². The van der Waals surface area contributed by atoms with Gasteiger partial charge in [-0.2, -0.15) is 4.98 Å². The molecule has 0 aliphatic heterocycles. The van der Waals surface area contributed by atoms with Gasteiger partial charge in [0.15, 0.2) is 5.82 Å². The highest BCUT2D eigenvalue weighted by Gasteiger charge is 2.09. The molecule has 116 valence electrons. The Morgan fingerprint density at radius 2 is 2.17 bits per heavy atom. The molecule has 0 unspecified atom stereocenters. The van der Waals surface area contributed by atoms with Crippen molar-refractivity contribution < 1.29 is 9.13 Å². The summed E-state index contributed by atoms with van der Waals surface area (Å²) in [7, 11) is 0. The minimum atomic E-state index is -0.493. The van der Waals surface area contributed by atoms with E-state index in [1.54, 1.807) is 12.1 Å². The van der Waals surface area contributed by atoms with Gasteiger partial charge < -0.3 is 10.1 Å². The lowest BCUT2D eigenvalue weighted by molar-refractivity contribution is 0.335. The van der Waals surface area contributed by atoms with Gasteiger partial charge in [-0.1, -0.05) is 24.3 Å². The number of rotatable bonds is 5. The van der Waals surface area contributed by atoms with Crippen molar-refractivity contribution >= 4 is 34.1 Å². The van der Waals surface area contributed by atoms with Crippen LogP contribution in [0.1, 0.15) is 0 Å². The van der Waals surface area contributed by atoms with Crippen molar-refractivity contribution in [2.45, 2.75) is 0 Å². The third kappa shape index (κ3) is 3.35. The van der Waals surface area contributed by atoms with Crippen molar-refractivity contribution in [2.24, 2.45) is 0 Å². The van der Waals surface area contributed by atoms with Gasteiger partial charge in [0.1, 0.15) is 29.8 Å². The summed E-state index contributed by atoms with van der Waals surface area (Å²) in [5, 5.41) is 3.04. The Labute approximate surface area is 136 Å². The van der Waals surface area contributed by atoms with Crippen LogP contribution in [-0.2, 0) is 0 Å². The summed E-state index contributed by atoms with van der Waals surface area (Å²) >= 11 is 5.78. The van der Waals surface area contributed by atoms with E-state index < -0.39 is 5.82 Å². The van der Waals surface area contributed by atoms with Crippen LogP contribution in [0.25, 0.3) is 11.0 Å². The molecule has 0 amide bonds. The second-order valence-electron chi connectivity index (χ2n) is 4.46. The largest absolute Gasteiger partial charge is 0.459 e. The number of fused-ring (bicyclic) bond motifs is 1. The normalized spacial score (nSPS) is 10.5. The molecular weight excluding hydrogens is 321 g/mol. The molecule has 0 saturated carbocycles. The maximum absolute atomic E-state index is 13.2. The molecule has 2 aromatic heterocycles. The van der Waals surface area contributed by atoms with Crippen LogP contribution >= 0.6 is 11.6 Å². The quantitative estimate of drug-likeness (QED) is 0.721. The van der Waals surface area contributed by atoms with Crippen LogP contribution in [0.5, 0.6) is 6.01 Å². The predicted octanol–water partition coefficient (Wildman–Crippen LogP) is 3.52. The molecule has 6 nitrogen and oxygen atoms in total. The van der Waals surface area contributed by atoms with E-state index in [0.717, 1.165) is 0 Å². The monoisotopic (exact) mass is 331 g/mol. The van der Waals surface area contributed by atoms with Crippen molar-refractivity contribution in [3.63, 3.8) is 0 Å². The maximum atomic E-state index is 13.2. The molecule has 23 heavy (non-hydrogen) atoms. The van der Waals surface area contributed by atoms with E-state index in [1.165, 1.54) is 24.7 Å². The highest BCUT2D eigenvalue weighted by atomic mass is 35.5. The van der Waals surface area contributed by atoms with Crippen LogP contribution in [0.3, 0.4) is 0 Å². The fourth-order valence-corrected chi connectivity index (χ4v) is 2.02. The lowest BCUT2D eigenvalue weighted by Gasteiger charge is -2.09. The molecule has 0 aliphatic rings. The number of halogens is 2. The van der Waals surface area contributed by atoms with Gasteiger partial charge in [-0.3, -0.25) is 0 Å². The van der Waals surface area contributed by atoms with E-state index in [-0.39, 0.29) is 17.6 Å². The van der Waals surface area contributed by atoms with Gasteiger partial charge in [0.05, 0.1) is 11.2 Å². The zero-order valence-electron chi connectivity index (χ0n) is 11.8. The van der Waals surface area contributed by atoms with Crippen LogP contribution in [0.4, 0.5) is 15.9 Å². The number of hydrogen-bond donors (Lipinski definition) is 1. The van der Waals surface area contributed by atoms with Gasteiger partial charge in [0.25, 0.3) is 0 Å². The van der Waals surface area contributed by atoms with E-state index in [1.807, 2.05) is 0 Å². The third-order valence-corrected chi connectivity index (χ3v) is 3.16. The second-order valence-corrected chi connectivity index (χ2v) is 4.87. The van der Waals surface area contributed by atoms with Crippen molar-refractivity contribution in [1.29, 1.82) is 0 Å². The molecule has 8 heteroatoms. The molecule has 0 spiro atoms. The molecule has 0 aliphatic carbocycles. The predicted molar refractivity (Wildman–Crippen MR) is 85.5 cm³/mol. The molecule has 0 bridgehead atoms. The second kappa shape index (κ2) is 6.53. The molecule has 1 N–H and O–H groups in total. The van der Waals surface area contributed by atoms with E-state index in [0.29, 0.717) is 22.5 Å². The first-order valence-corrected chi connectivity index (χ1v) is 6.98. The Hall–Kier alpha value is -2.80. The molecule has 0 atom stereocenters. The summed E-state index contributed by atoms with van der Waals surface area (Å²) in [5.74, 6) is -0.0595. The summed E-state index contributed by atoms with van der Waals surface area (Å²) in [5.41, 5.74) is 1.59. The minimum absolute atomic E-state index is 0.0120. The Balaban J connectivity index is 1.98. The summed E-state index contributed by atoms with van der Waals surface area (Å²) in [6.45, 7) is 3.85. The SMILES string of the molecule is C=CCOc1ncc2ncnc(Nc3ccc(F)c(Cl)c3)c2n1. The van der Waals surface area contributed by atoms with E-state index in [4.69, 9.17) is 16.3 Å². The Bertz CT molecular complexity index is 874. The average Bonchev–Trinajstić information content (AvgIpc) is 2.56. The van der Waals surface area contributed by atoms with Crippen molar-refractivity contribution in [3.05, 3.63) is 54.2 Å². The third-order valence-electron chi connectivity index (χ3n) is 2.87. The topological polar surface area (TPSA) is 72.8 Å². The lowest BCUT2D eigenvalue weighted by Crippen LogP contribution is -2.02. The van der Waals surface area contributed by atoms with Crippen molar-refractivity contribution in [2.75, 3.05) is 11.9 Å². The molecule has 3 rings (SSSR count). The lowest BCUT2D eigenvalue weighted by atomic mass is 10.3. The number of anilines is 2. The molecular formula is C15H11ClFN5O. The number of ether oxygens (including phenoxy) is 1. The fraction of sp³-hybridized carbons (Fsp3) is 0.0667. The molecule has 0 radical (unpaired) electrons. The first kappa shape index (κ1) is 15.1. The van der Waals surface area contributed by atoms with Gasteiger partial charge in [-0.25, -0.2) is 19.3 Å². The average molecular weight is 332 g/mol. The van der Waals surface area contributed by atoms with E-state index in [2.05, 4.69) is 31.8 Å². The minimum Gasteiger partial charge on any atom is -0.459 e. The van der Waals surface area contributed by atoms with Gasteiger partial charge >= 0.3 is 6.01 Å². The zero-order valence-corrected chi connectivity index (χ0v) is 12.6. The first-order valence-electron chi connectivity index (χ1n) is 6.61. The Morgan fingerprint density at radius 3 is 2.96 bits per heavy atom. The van der Waals surface area contributed by atoms with E-state index >= 15 is 0 Å². The zero-order chi connectivity index (χ0) is 16.2. The highest BCUT2D eigenvalue weighted by molar-refractivity contribution is 6.31. The molecule has 3 aromatic rings. The van der Waals surface area contributed by atoms with Crippen LogP contribution in [0, 0.1) is 5.82 Å². The Kier molecular flexibility index (Phi) is 4.29. The number of nitrogens with zero attached hydrogens (tertiary/aromatic N) is 4. The molecule has 1 aromatic carbocycles. The van der Waals surface area contributed by atoms with Crippen molar-refractivity contribution in [1.82, 2.24) is 19.9 Å². The summed E-state index contributed by atoms with van der Waals surface area (Å²) in [6.07, 6.45) is 4.50. The highest BCUT2D eigenvalue weighted by Crippen LogP contribution is 2.25. The van der Waals surface area contributed by atoms with Gasteiger partial charge in [0.2, 0.25) is 0 Å². The van der Waals surface area contributed by atoms with E-state index in [9.17, 15) is 4.39 Å². The van der Waals surface area contributed by atoms with Crippen LogP contribution in [0.15, 0.2) is 43.4 Å². The number of hydrogen-bond acceptors (Lipinski definition) is 6. The molecule has 0 saturated heterocycles. The fourth-order valence-electron chi connectivity index (χ4n) is 1.84. The van der Waals surface area contributed by atoms with Gasteiger partial charge in [-0.05, 0) is 18.2 Å². The standard InChI is InChI=1S/C15H11ClFN5O/c1-2-5-23-15-18-7-12-13(22-15)14(20-8-19-12)21-9-3-4-11(17)10(16)6-9/h2-4,6-8H,1,5H2,(H,19,20,21). The smallest absolute Gasteiger partial charge is 0.317 e. The van der Waals surface area contributed by atoms with Crippen molar-refractivity contribution in [3.8, 4) is 6.01 Å². The first-order chi connectivity index (χ1) is 11.2. The van der Waals surface area contributed by atoms with Crippen LogP contribution in [-0.4, -0.2) is 26.5 Å². The van der Waals surface area contributed by atoms with Crippen LogP contribution < -0.4 is 10.1 Å². The Morgan fingerprint density at radius 1 is 1.30 bits per heavy atom. The maximum Gasteiger partial charge on any atom is 0.317 e. The summed E-state index contributed by atoms with van der Waals surface area (Å²) < 4.78 is 18.5.